The molecule has 10 aromatic rings. The number of benzene rings is 9. The van der Waals surface area contributed by atoms with Crippen LogP contribution in [0.5, 0.6) is 0 Å². The molecule has 0 N–H and O–H groups in total. The molecule has 0 bridgehead atoms. The number of hydrogen-bond donors (Lipinski definition) is 0. The summed E-state index contributed by atoms with van der Waals surface area (Å²) in [7, 11) is 0. The molecule has 12 rings (SSSR count). The summed E-state index contributed by atoms with van der Waals surface area (Å²) in [4.78, 5) is 0. The highest BCUT2D eigenvalue weighted by molar-refractivity contribution is 6.21. The van der Waals surface area contributed by atoms with Crippen LogP contribution < -0.4 is 0 Å². The molecule has 0 saturated heterocycles. The van der Waals surface area contributed by atoms with Crippen LogP contribution in [-0.2, 0) is 17.4 Å². The van der Waals surface area contributed by atoms with Crippen LogP contribution in [-0.4, -0.2) is 5.71 Å². The van der Waals surface area contributed by atoms with Gasteiger partial charge in [-0.05, 0) is 116 Å². The third kappa shape index (κ3) is 5.65. The van der Waals surface area contributed by atoms with Crippen LogP contribution in [0.4, 0.5) is 0 Å². The SMILES string of the molecule is CC1(c2cccc3c2Cc2ccccc2-3)N=NN=C(c2c(-c3ccccc3-c3ccccc3)cccc2-c2cccc3oc4ccccc4c23)C1(C)c1ccccc1-c1ccccc1. The molecule has 64 heavy (non-hydrogen) atoms. The van der Waals surface area contributed by atoms with Gasteiger partial charge in [-0.25, -0.2) is 0 Å². The first-order valence-corrected chi connectivity index (χ1v) is 22.1. The highest BCUT2D eigenvalue weighted by Gasteiger charge is 2.56. The number of nitrogens with zero attached hydrogens (tertiary/aromatic N) is 3. The number of hydrogen-bond acceptors (Lipinski definition) is 4. The van der Waals surface area contributed by atoms with Crippen LogP contribution in [0.1, 0.15) is 41.7 Å². The predicted octanol–water partition coefficient (Wildman–Crippen LogP) is 15.9. The molecular weight excluding hydrogens is 779 g/mol. The molecule has 0 amide bonds. The minimum absolute atomic E-state index is 0.817. The van der Waals surface area contributed by atoms with E-state index in [2.05, 4.69) is 220 Å². The zero-order chi connectivity index (χ0) is 42.8. The van der Waals surface area contributed by atoms with Gasteiger partial charge in [0.15, 0.2) is 0 Å². The van der Waals surface area contributed by atoms with Crippen molar-refractivity contribution in [2.45, 2.75) is 31.2 Å². The summed E-state index contributed by atoms with van der Waals surface area (Å²) in [6.07, 6.45) is 0.817. The Bertz CT molecular complexity index is 3510. The fourth-order valence-electron chi connectivity index (χ4n) is 10.8. The molecule has 2 aliphatic rings. The molecule has 4 heteroatoms. The van der Waals surface area contributed by atoms with Crippen molar-refractivity contribution >= 4 is 27.7 Å². The summed E-state index contributed by atoms with van der Waals surface area (Å²) in [5, 5.41) is 17.8. The highest BCUT2D eigenvalue weighted by Crippen LogP contribution is 2.57. The molecule has 0 fully saturated rings. The standard InChI is InChI=1S/C60H43N3O/c1-59(52-34-15-13-27-44(52)40-22-7-4-8-23-40)58(61-63-62-60(59,2)53-35-18-30-46-43-26-10-9-24-41(43)38-51(46)53)57-47(45-28-12-11-25-42(45)39-20-5-3-6-21-39)31-17-32-49(57)48-33-19-37-55-56(48)50-29-14-16-36-54(50)64-55/h3-37H,38H2,1-2H3. The molecular formula is C60H43N3O. The van der Waals surface area contributed by atoms with Gasteiger partial charge in [0.25, 0.3) is 0 Å². The van der Waals surface area contributed by atoms with E-state index < -0.39 is 11.0 Å². The topological polar surface area (TPSA) is 50.2 Å². The number of rotatable bonds is 7. The van der Waals surface area contributed by atoms with E-state index >= 15 is 0 Å². The third-order valence-electron chi connectivity index (χ3n) is 14.1. The lowest BCUT2D eigenvalue weighted by Gasteiger charge is -2.47. The van der Waals surface area contributed by atoms with Gasteiger partial charge in [-0.2, -0.15) is 5.11 Å². The summed E-state index contributed by atoms with van der Waals surface area (Å²) in [5.41, 5.74) is 18.0. The van der Waals surface area contributed by atoms with E-state index in [9.17, 15) is 0 Å². The molecule has 0 saturated carbocycles. The van der Waals surface area contributed by atoms with Crippen molar-refractivity contribution in [1.82, 2.24) is 0 Å². The number of fused-ring (bicyclic) bond motifs is 6. The summed E-state index contributed by atoms with van der Waals surface area (Å²) in [6, 6.07) is 76.0. The van der Waals surface area contributed by atoms with E-state index in [0.29, 0.717) is 0 Å². The lowest BCUT2D eigenvalue weighted by molar-refractivity contribution is 0.317. The minimum atomic E-state index is -0.931. The second kappa shape index (κ2) is 14.9. The zero-order valence-electron chi connectivity index (χ0n) is 35.7. The van der Waals surface area contributed by atoms with Gasteiger partial charge in [-0.15, -0.1) is 5.10 Å². The molecule has 304 valence electrons. The number of furan rings is 1. The lowest BCUT2D eigenvalue weighted by Crippen LogP contribution is -2.52. The van der Waals surface area contributed by atoms with Crippen LogP contribution in [0.15, 0.2) is 232 Å². The van der Waals surface area contributed by atoms with Gasteiger partial charge in [0.05, 0.1) is 11.1 Å². The maximum absolute atomic E-state index is 6.56. The molecule has 1 aliphatic heterocycles. The molecule has 0 spiro atoms. The Kier molecular flexibility index (Phi) is 8.77. The normalized spacial score (nSPS) is 17.6. The van der Waals surface area contributed by atoms with Gasteiger partial charge in [0.2, 0.25) is 0 Å². The second-order valence-corrected chi connectivity index (χ2v) is 17.3. The minimum Gasteiger partial charge on any atom is -0.456 e. The molecule has 2 heterocycles. The van der Waals surface area contributed by atoms with Crippen molar-refractivity contribution < 1.29 is 4.42 Å². The van der Waals surface area contributed by atoms with Gasteiger partial charge < -0.3 is 4.42 Å². The second-order valence-electron chi connectivity index (χ2n) is 17.3. The largest absolute Gasteiger partial charge is 0.456 e. The summed E-state index contributed by atoms with van der Waals surface area (Å²) < 4.78 is 6.56. The smallest absolute Gasteiger partial charge is 0.136 e. The fourth-order valence-corrected chi connectivity index (χ4v) is 10.8. The van der Waals surface area contributed by atoms with Crippen molar-refractivity contribution in [3.05, 3.63) is 240 Å². The van der Waals surface area contributed by atoms with E-state index in [1.54, 1.807) is 0 Å². The first-order valence-electron chi connectivity index (χ1n) is 22.1. The van der Waals surface area contributed by atoms with Gasteiger partial charge in [0.1, 0.15) is 16.7 Å². The van der Waals surface area contributed by atoms with Gasteiger partial charge in [-0.1, -0.05) is 200 Å². The molecule has 4 nitrogen and oxygen atoms in total. The molecule has 0 radical (unpaired) electrons. The van der Waals surface area contributed by atoms with E-state index in [1.165, 1.54) is 22.3 Å². The predicted molar refractivity (Wildman–Crippen MR) is 263 cm³/mol. The maximum atomic E-state index is 6.56. The Balaban J connectivity index is 1.21. The van der Waals surface area contributed by atoms with Crippen molar-refractivity contribution in [1.29, 1.82) is 0 Å². The Morgan fingerprint density at radius 1 is 0.422 bits per heavy atom. The van der Waals surface area contributed by atoms with Gasteiger partial charge in [-0.3, -0.25) is 0 Å². The Hall–Kier alpha value is -7.95. The molecule has 1 aliphatic carbocycles. The van der Waals surface area contributed by atoms with Crippen molar-refractivity contribution in [3.8, 4) is 55.6 Å². The van der Waals surface area contributed by atoms with Crippen LogP contribution >= 0.6 is 0 Å². The Morgan fingerprint density at radius 3 is 1.75 bits per heavy atom. The average Bonchev–Trinajstić information content (AvgIpc) is 3.94. The van der Waals surface area contributed by atoms with E-state index in [0.717, 1.165) is 95.3 Å². The van der Waals surface area contributed by atoms with Crippen molar-refractivity contribution in [2.24, 2.45) is 15.4 Å². The third-order valence-corrected chi connectivity index (χ3v) is 14.1. The molecule has 2 unspecified atom stereocenters. The van der Waals surface area contributed by atoms with Crippen LogP contribution in [0.2, 0.25) is 0 Å². The zero-order valence-corrected chi connectivity index (χ0v) is 35.7. The first-order chi connectivity index (χ1) is 31.5. The van der Waals surface area contributed by atoms with E-state index in [4.69, 9.17) is 19.9 Å². The quantitative estimate of drug-likeness (QED) is 0.158. The highest BCUT2D eigenvalue weighted by atomic mass is 16.3. The lowest BCUT2D eigenvalue weighted by atomic mass is 9.57. The fraction of sp³-hybridized carbons (Fsp3) is 0.0833. The monoisotopic (exact) mass is 821 g/mol. The Labute approximate surface area is 372 Å². The summed E-state index contributed by atoms with van der Waals surface area (Å²) in [5.74, 6) is 0. The van der Waals surface area contributed by atoms with Gasteiger partial charge >= 0.3 is 0 Å². The summed E-state index contributed by atoms with van der Waals surface area (Å²) >= 11 is 0. The summed E-state index contributed by atoms with van der Waals surface area (Å²) in [6.45, 7) is 4.65. The van der Waals surface area contributed by atoms with E-state index in [1.807, 2.05) is 6.07 Å². The molecule has 9 aromatic carbocycles. The van der Waals surface area contributed by atoms with Gasteiger partial charge in [0, 0.05) is 16.3 Å². The van der Waals surface area contributed by atoms with Crippen LogP contribution in [0.25, 0.3) is 77.6 Å². The van der Waals surface area contributed by atoms with Crippen LogP contribution in [0, 0.1) is 0 Å². The van der Waals surface area contributed by atoms with E-state index in [-0.39, 0.29) is 0 Å². The van der Waals surface area contributed by atoms with Crippen LogP contribution in [0.3, 0.4) is 0 Å². The Morgan fingerprint density at radius 2 is 0.953 bits per heavy atom. The number of para-hydroxylation sites is 1. The molecule has 2 atom stereocenters. The van der Waals surface area contributed by atoms with Crippen molar-refractivity contribution in [2.75, 3.05) is 0 Å². The average molecular weight is 822 g/mol. The maximum Gasteiger partial charge on any atom is 0.136 e. The first kappa shape index (κ1) is 37.8. The molecule has 1 aromatic heterocycles. The van der Waals surface area contributed by atoms with Crippen molar-refractivity contribution in [3.63, 3.8) is 0 Å².